The molecule has 0 bridgehead atoms. The van der Waals surface area contributed by atoms with E-state index in [1.165, 1.54) is 31.2 Å². The lowest BCUT2D eigenvalue weighted by atomic mass is 10.4. The lowest BCUT2D eigenvalue weighted by Gasteiger charge is -2.09. The fraction of sp³-hybridized carbons (Fsp3) is 0.636. The standard InChI is InChI=1S/C11H18N2O3S/c1-8-11(17(14,15)13(2)3)6-10(16-8)7-12-9-4-5-9/h6,9,12H,4-5,7H2,1-3H3. The topological polar surface area (TPSA) is 62.6 Å². The van der Waals surface area contributed by atoms with Crippen LogP contribution in [0.3, 0.4) is 0 Å². The Bertz CT molecular complexity index is 501. The zero-order valence-electron chi connectivity index (χ0n) is 10.4. The Morgan fingerprint density at radius 2 is 2.12 bits per heavy atom. The van der Waals surface area contributed by atoms with Gasteiger partial charge in [0.25, 0.3) is 0 Å². The van der Waals surface area contributed by atoms with Gasteiger partial charge in [-0.15, -0.1) is 0 Å². The van der Waals surface area contributed by atoms with Gasteiger partial charge < -0.3 is 9.73 Å². The zero-order chi connectivity index (χ0) is 12.6. The van der Waals surface area contributed by atoms with Crippen molar-refractivity contribution in [2.24, 2.45) is 0 Å². The van der Waals surface area contributed by atoms with Crippen LogP contribution in [0.4, 0.5) is 0 Å². The van der Waals surface area contributed by atoms with E-state index in [0.717, 1.165) is 0 Å². The molecule has 0 aliphatic heterocycles. The molecule has 1 aromatic heterocycles. The summed E-state index contributed by atoms with van der Waals surface area (Å²) in [5.41, 5.74) is 0. The van der Waals surface area contributed by atoms with E-state index in [1.807, 2.05) is 0 Å². The van der Waals surface area contributed by atoms with Gasteiger partial charge in [0.15, 0.2) is 0 Å². The van der Waals surface area contributed by atoms with Gasteiger partial charge in [-0.05, 0) is 19.8 Å². The summed E-state index contributed by atoms with van der Waals surface area (Å²) in [6.45, 7) is 2.27. The van der Waals surface area contributed by atoms with Crippen LogP contribution in [0.25, 0.3) is 0 Å². The quantitative estimate of drug-likeness (QED) is 0.858. The summed E-state index contributed by atoms with van der Waals surface area (Å²) in [4.78, 5) is 0.259. The van der Waals surface area contributed by atoms with Gasteiger partial charge in [0, 0.05) is 26.2 Å². The van der Waals surface area contributed by atoms with Crippen LogP contribution in [0.1, 0.15) is 24.4 Å². The maximum absolute atomic E-state index is 12.0. The Morgan fingerprint density at radius 3 is 2.65 bits per heavy atom. The molecule has 1 aromatic rings. The van der Waals surface area contributed by atoms with Crippen LogP contribution in [-0.2, 0) is 16.6 Å². The number of nitrogens with one attached hydrogen (secondary N) is 1. The Hall–Kier alpha value is -0.850. The Labute approximate surface area is 102 Å². The van der Waals surface area contributed by atoms with Crippen LogP contribution in [0.15, 0.2) is 15.4 Å². The van der Waals surface area contributed by atoms with E-state index in [4.69, 9.17) is 4.42 Å². The minimum absolute atomic E-state index is 0.259. The monoisotopic (exact) mass is 258 g/mol. The molecule has 1 aliphatic carbocycles. The largest absolute Gasteiger partial charge is 0.464 e. The third kappa shape index (κ3) is 2.70. The van der Waals surface area contributed by atoms with Crippen molar-refractivity contribution in [3.05, 3.63) is 17.6 Å². The van der Waals surface area contributed by atoms with Crippen molar-refractivity contribution in [3.8, 4) is 0 Å². The lowest BCUT2D eigenvalue weighted by molar-refractivity contribution is 0.454. The number of rotatable bonds is 5. The van der Waals surface area contributed by atoms with Gasteiger partial charge in [0.2, 0.25) is 10.0 Å². The number of furan rings is 1. The third-order valence-electron chi connectivity index (χ3n) is 2.82. The van der Waals surface area contributed by atoms with E-state index in [1.54, 1.807) is 13.0 Å². The van der Waals surface area contributed by atoms with Crippen molar-refractivity contribution >= 4 is 10.0 Å². The highest BCUT2D eigenvalue weighted by molar-refractivity contribution is 7.89. The fourth-order valence-corrected chi connectivity index (χ4v) is 2.68. The molecular weight excluding hydrogens is 240 g/mol. The smallest absolute Gasteiger partial charge is 0.246 e. The van der Waals surface area contributed by atoms with Crippen molar-refractivity contribution in [1.82, 2.24) is 9.62 Å². The molecule has 0 radical (unpaired) electrons. The first-order valence-electron chi connectivity index (χ1n) is 5.66. The molecule has 0 unspecified atom stereocenters. The van der Waals surface area contributed by atoms with Crippen LogP contribution in [-0.4, -0.2) is 32.9 Å². The summed E-state index contributed by atoms with van der Waals surface area (Å²) in [7, 11) is -0.362. The Kier molecular flexibility index (Phi) is 3.29. The first-order chi connectivity index (χ1) is 7.91. The van der Waals surface area contributed by atoms with Crippen LogP contribution < -0.4 is 5.32 Å². The maximum Gasteiger partial charge on any atom is 0.246 e. The van der Waals surface area contributed by atoms with Gasteiger partial charge in [-0.25, -0.2) is 12.7 Å². The molecule has 1 saturated carbocycles. The SMILES string of the molecule is Cc1oc(CNC2CC2)cc1S(=O)(=O)N(C)C. The van der Waals surface area contributed by atoms with E-state index in [9.17, 15) is 8.42 Å². The predicted octanol–water partition coefficient (Wildman–Crippen LogP) is 1.09. The molecule has 2 rings (SSSR count). The van der Waals surface area contributed by atoms with Crippen LogP contribution >= 0.6 is 0 Å². The van der Waals surface area contributed by atoms with Gasteiger partial charge in [-0.2, -0.15) is 0 Å². The lowest BCUT2D eigenvalue weighted by Crippen LogP contribution is -2.22. The van der Waals surface area contributed by atoms with Gasteiger partial charge >= 0.3 is 0 Å². The van der Waals surface area contributed by atoms with E-state index in [-0.39, 0.29) is 4.90 Å². The number of hydrogen-bond acceptors (Lipinski definition) is 4. The molecule has 0 spiro atoms. The average molecular weight is 258 g/mol. The van der Waals surface area contributed by atoms with Crippen molar-refractivity contribution in [1.29, 1.82) is 0 Å². The maximum atomic E-state index is 12.0. The predicted molar refractivity (Wildman–Crippen MR) is 64.2 cm³/mol. The molecule has 0 aromatic carbocycles. The molecule has 1 N–H and O–H groups in total. The summed E-state index contributed by atoms with van der Waals surface area (Å²) >= 11 is 0. The number of nitrogens with zero attached hydrogens (tertiary/aromatic N) is 1. The van der Waals surface area contributed by atoms with Crippen molar-refractivity contribution in [2.45, 2.75) is 37.2 Å². The first kappa shape index (κ1) is 12.6. The average Bonchev–Trinajstić information content (AvgIpc) is 2.98. The number of hydrogen-bond donors (Lipinski definition) is 1. The Morgan fingerprint density at radius 1 is 1.47 bits per heavy atom. The highest BCUT2D eigenvalue weighted by atomic mass is 32.2. The van der Waals surface area contributed by atoms with E-state index < -0.39 is 10.0 Å². The second kappa shape index (κ2) is 4.44. The molecule has 0 amide bonds. The van der Waals surface area contributed by atoms with Gasteiger partial charge in [-0.3, -0.25) is 0 Å². The van der Waals surface area contributed by atoms with Gasteiger partial charge in [0.1, 0.15) is 16.4 Å². The number of aryl methyl sites for hydroxylation is 1. The molecule has 6 heteroatoms. The molecule has 5 nitrogen and oxygen atoms in total. The highest BCUT2D eigenvalue weighted by Crippen LogP contribution is 2.24. The van der Waals surface area contributed by atoms with Crippen LogP contribution in [0, 0.1) is 6.92 Å². The molecule has 17 heavy (non-hydrogen) atoms. The molecule has 96 valence electrons. The fourth-order valence-electron chi connectivity index (χ4n) is 1.60. The molecule has 0 saturated heterocycles. The number of sulfonamides is 1. The van der Waals surface area contributed by atoms with E-state index in [2.05, 4.69) is 5.32 Å². The molecule has 1 aliphatic rings. The normalized spacial score (nSPS) is 16.7. The molecule has 0 atom stereocenters. The summed E-state index contributed by atoms with van der Waals surface area (Å²) in [6, 6.07) is 2.19. The third-order valence-corrected chi connectivity index (χ3v) is 4.75. The van der Waals surface area contributed by atoms with Gasteiger partial charge in [0.05, 0.1) is 6.54 Å². The van der Waals surface area contributed by atoms with Crippen molar-refractivity contribution in [2.75, 3.05) is 14.1 Å². The van der Waals surface area contributed by atoms with E-state index >= 15 is 0 Å². The van der Waals surface area contributed by atoms with Crippen LogP contribution in [0.2, 0.25) is 0 Å². The Balaban J connectivity index is 2.17. The second-order valence-corrected chi connectivity index (χ2v) is 6.70. The summed E-state index contributed by atoms with van der Waals surface area (Å²) in [5, 5.41) is 3.29. The minimum atomic E-state index is -3.40. The van der Waals surface area contributed by atoms with Crippen LogP contribution in [0.5, 0.6) is 0 Å². The molecule has 1 fully saturated rings. The molecule has 1 heterocycles. The molecular formula is C11H18N2O3S. The zero-order valence-corrected chi connectivity index (χ0v) is 11.2. The first-order valence-corrected chi connectivity index (χ1v) is 7.10. The van der Waals surface area contributed by atoms with E-state index in [0.29, 0.717) is 24.1 Å². The summed E-state index contributed by atoms with van der Waals surface area (Å²) in [5.74, 6) is 1.13. The summed E-state index contributed by atoms with van der Waals surface area (Å²) in [6.07, 6.45) is 2.39. The minimum Gasteiger partial charge on any atom is -0.464 e. The van der Waals surface area contributed by atoms with Gasteiger partial charge in [-0.1, -0.05) is 0 Å². The summed E-state index contributed by atoms with van der Waals surface area (Å²) < 4.78 is 30.6. The van der Waals surface area contributed by atoms with Crippen molar-refractivity contribution < 1.29 is 12.8 Å². The highest BCUT2D eigenvalue weighted by Gasteiger charge is 2.25. The van der Waals surface area contributed by atoms with Crippen molar-refractivity contribution in [3.63, 3.8) is 0 Å². The second-order valence-electron chi connectivity index (χ2n) is 4.58.